The van der Waals surface area contributed by atoms with Crippen LogP contribution < -0.4 is 5.32 Å². The first-order valence-electron chi connectivity index (χ1n) is 6.89. The summed E-state index contributed by atoms with van der Waals surface area (Å²) in [7, 11) is 0. The molecule has 4 heteroatoms. The smallest absolute Gasteiger partial charge is 0.234 e. The van der Waals surface area contributed by atoms with Gasteiger partial charge < -0.3 is 5.32 Å². The molecule has 1 aromatic heterocycles. The largest absolute Gasteiger partial charge is 0.351 e. The SMILES string of the molecule is O=C(CN1CCc2sccc2C1)NCc1ccccc1. The van der Waals surface area contributed by atoms with Gasteiger partial charge in [-0.25, -0.2) is 0 Å². The first kappa shape index (κ1) is 13.3. The summed E-state index contributed by atoms with van der Waals surface area (Å²) in [6.07, 6.45) is 1.07. The molecule has 1 amide bonds. The molecule has 0 unspecified atom stereocenters. The van der Waals surface area contributed by atoms with Crippen molar-refractivity contribution in [2.45, 2.75) is 19.5 Å². The van der Waals surface area contributed by atoms with E-state index < -0.39 is 0 Å². The lowest BCUT2D eigenvalue weighted by Crippen LogP contribution is -2.39. The predicted octanol–water partition coefficient (Wildman–Crippen LogP) is 2.42. The number of carbonyl (C=O) groups is 1. The quantitative estimate of drug-likeness (QED) is 0.936. The molecule has 1 aromatic carbocycles. The van der Waals surface area contributed by atoms with Crippen molar-refractivity contribution in [1.29, 1.82) is 0 Å². The second-order valence-electron chi connectivity index (χ2n) is 5.09. The Bertz CT molecular complexity index is 579. The molecule has 0 aliphatic carbocycles. The number of benzene rings is 1. The molecule has 2 heterocycles. The lowest BCUT2D eigenvalue weighted by atomic mass is 10.1. The van der Waals surface area contributed by atoms with Gasteiger partial charge in [0.15, 0.2) is 0 Å². The predicted molar refractivity (Wildman–Crippen MR) is 81.6 cm³/mol. The van der Waals surface area contributed by atoms with Gasteiger partial charge in [-0.15, -0.1) is 11.3 Å². The first-order valence-corrected chi connectivity index (χ1v) is 7.77. The molecule has 3 nitrogen and oxygen atoms in total. The van der Waals surface area contributed by atoms with Crippen molar-refractivity contribution in [1.82, 2.24) is 10.2 Å². The topological polar surface area (TPSA) is 32.3 Å². The zero-order valence-electron chi connectivity index (χ0n) is 11.3. The zero-order chi connectivity index (χ0) is 13.8. The molecule has 104 valence electrons. The second-order valence-corrected chi connectivity index (χ2v) is 6.09. The standard InChI is InChI=1S/C16H18N2OS/c19-16(17-10-13-4-2-1-3-5-13)12-18-8-6-15-14(11-18)7-9-20-15/h1-5,7,9H,6,8,10-12H2,(H,17,19). The van der Waals surface area contributed by atoms with E-state index in [1.165, 1.54) is 10.4 Å². The number of hydrogen-bond donors (Lipinski definition) is 1. The summed E-state index contributed by atoms with van der Waals surface area (Å²) in [5.74, 6) is 0.104. The summed E-state index contributed by atoms with van der Waals surface area (Å²) in [5, 5.41) is 5.13. The highest BCUT2D eigenvalue weighted by Crippen LogP contribution is 2.23. The van der Waals surface area contributed by atoms with Gasteiger partial charge >= 0.3 is 0 Å². The summed E-state index contributed by atoms with van der Waals surface area (Å²) in [6, 6.07) is 12.2. The Balaban J connectivity index is 1.48. The van der Waals surface area contributed by atoms with Crippen LogP contribution in [-0.4, -0.2) is 23.9 Å². The Labute approximate surface area is 123 Å². The Morgan fingerprint density at radius 2 is 2.10 bits per heavy atom. The van der Waals surface area contributed by atoms with E-state index in [0.29, 0.717) is 13.1 Å². The van der Waals surface area contributed by atoms with Crippen LogP contribution in [0.3, 0.4) is 0 Å². The van der Waals surface area contributed by atoms with Gasteiger partial charge in [0, 0.05) is 24.5 Å². The molecule has 3 rings (SSSR count). The van der Waals surface area contributed by atoms with Gasteiger partial charge in [0.2, 0.25) is 5.91 Å². The molecule has 0 saturated carbocycles. The maximum absolute atomic E-state index is 12.0. The molecule has 0 fully saturated rings. The monoisotopic (exact) mass is 286 g/mol. The van der Waals surface area contributed by atoms with Crippen LogP contribution in [0.25, 0.3) is 0 Å². The van der Waals surface area contributed by atoms with E-state index in [0.717, 1.165) is 25.1 Å². The van der Waals surface area contributed by atoms with Gasteiger partial charge in [-0.2, -0.15) is 0 Å². The van der Waals surface area contributed by atoms with E-state index >= 15 is 0 Å². The van der Waals surface area contributed by atoms with Crippen molar-refractivity contribution in [2.24, 2.45) is 0 Å². The second kappa shape index (κ2) is 6.20. The van der Waals surface area contributed by atoms with Crippen LogP contribution in [-0.2, 0) is 24.3 Å². The molecule has 0 spiro atoms. The van der Waals surface area contributed by atoms with Gasteiger partial charge in [-0.05, 0) is 29.0 Å². The molecular formula is C16H18N2OS. The van der Waals surface area contributed by atoms with Crippen LogP contribution in [0.4, 0.5) is 0 Å². The summed E-state index contributed by atoms with van der Waals surface area (Å²) >= 11 is 1.83. The fraction of sp³-hybridized carbons (Fsp3) is 0.312. The van der Waals surface area contributed by atoms with Crippen molar-refractivity contribution in [3.63, 3.8) is 0 Å². The fourth-order valence-corrected chi connectivity index (χ4v) is 3.39. The van der Waals surface area contributed by atoms with Gasteiger partial charge in [-0.1, -0.05) is 30.3 Å². The van der Waals surface area contributed by atoms with Crippen molar-refractivity contribution >= 4 is 17.2 Å². The number of nitrogens with zero attached hydrogens (tertiary/aromatic N) is 1. The Morgan fingerprint density at radius 1 is 1.25 bits per heavy atom. The highest BCUT2D eigenvalue weighted by molar-refractivity contribution is 7.10. The van der Waals surface area contributed by atoms with E-state index in [2.05, 4.69) is 21.7 Å². The van der Waals surface area contributed by atoms with Crippen LogP contribution in [0.15, 0.2) is 41.8 Å². The van der Waals surface area contributed by atoms with E-state index in [1.54, 1.807) is 0 Å². The van der Waals surface area contributed by atoms with Gasteiger partial charge in [0.25, 0.3) is 0 Å². The number of nitrogens with one attached hydrogen (secondary N) is 1. The number of rotatable bonds is 4. The number of thiophene rings is 1. The molecular weight excluding hydrogens is 268 g/mol. The van der Waals surface area contributed by atoms with Crippen molar-refractivity contribution < 1.29 is 4.79 Å². The molecule has 2 aromatic rings. The highest BCUT2D eigenvalue weighted by Gasteiger charge is 2.18. The van der Waals surface area contributed by atoms with Gasteiger partial charge in [0.1, 0.15) is 0 Å². The third-order valence-corrected chi connectivity index (χ3v) is 4.61. The number of carbonyl (C=O) groups excluding carboxylic acids is 1. The number of amides is 1. The van der Waals surface area contributed by atoms with E-state index in [4.69, 9.17) is 0 Å². The Kier molecular flexibility index (Phi) is 4.14. The van der Waals surface area contributed by atoms with Crippen LogP contribution in [0.2, 0.25) is 0 Å². The molecule has 0 saturated heterocycles. The van der Waals surface area contributed by atoms with E-state index in [1.807, 2.05) is 41.7 Å². The minimum absolute atomic E-state index is 0.104. The molecule has 0 radical (unpaired) electrons. The minimum atomic E-state index is 0.104. The summed E-state index contributed by atoms with van der Waals surface area (Å²) in [6.45, 7) is 2.98. The molecule has 0 atom stereocenters. The molecule has 0 bridgehead atoms. The maximum Gasteiger partial charge on any atom is 0.234 e. The lowest BCUT2D eigenvalue weighted by Gasteiger charge is -2.26. The zero-order valence-corrected chi connectivity index (χ0v) is 12.2. The number of hydrogen-bond acceptors (Lipinski definition) is 3. The Morgan fingerprint density at radius 3 is 2.95 bits per heavy atom. The third-order valence-electron chi connectivity index (χ3n) is 3.59. The lowest BCUT2D eigenvalue weighted by molar-refractivity contribution is -0.122. The van der Waals surface area contributed by atoms with Crippen molar-refractivity contribution in [3.8, 4) is 0 Å². The van der Waals surface area contributed by atoms with Gasteiger partial charge in [-0.3, -0.25) is 9.69 Å². The summed E-state index contributed by atoms with van der Waals surface area (Å²) in [4.78, 5) is 15.7. The van der Waals surface area contributed by atoms with E-state index in [9.17, 15) is 4.79 Å². The molecule has 1 aliphatic rings. The minimum Gasteiger partial charge on any atom is -0.351 e. The molecule has 1 N–H and O–H groups in total. The van der Waals surface area contributed by atoms with Gasteiger partial charge in [0.05, 0.1) is 6.54 Å². The van der Waals surface area contributed by atoms with Crippen LogP contribution >= 0.6 is 11.3 Å². The molecule has 20 heavy (non-hydrogen) atoms. The average Bonchev–Trinajstić information content (AvgIpc) is 2.94. The van der Waals surface area contributed by atoms with Crippen LogP contribution in [0.5, 0.6) is 0 Å². The Hall–Kier alpha value is -1.65. The van der Waals surface area contributed by atoms with Crippen LogP contribution in [0, 0.1) is 0 Å². The number of fused-ring (bicyclic) bond motifs is 1. The summed E-state index contributed by atoms with van der Waals surface area (Å²) < 4.78 is 0. The molecule has 1 aliphatic heterocycles. The fourth-order valence-electron chi connectivity index (χ4n) is 2.50. The van der Waals surface area contributed by atoms with Crippen LogP contribution in [0.1, 0.15) is 16.0 Å². The van der Waals surface area contributed by atoms with Crippen molar-refractivity contribution in [2.75, 3.05) is 13.1 Å². The summed E-state index contributed by atoms with van der Waals surface area (Å²) in [5.41, 5.74) is 2.52. The normalized spacial score (nSPS) is 14.8. The van der Waals surface area contributed by atoms with E-state index in [-0.39, 0.29) is 5.91 Å². The highest BCUT2D eigenvalue weighted by atomic mass is 32.1. The average molecular weight is 286 g/mol. The maximum atomic E-state index is 12.0. The van der Waals surface area contributed by atoms with Crippen molar-refractivity contribution in [3.05, 3.63) is 57.8 Å². The first-order chi connectivity index (χ1) is 9.81. The third kappa shape index (κ3) is 3.26.